The van der Waals surface area contributed by atoms with E-state index in [1.807, 2.05) is 12.1 Å². The molecule has 0 spiro atoms. The average Bonchev–Trinajstić information content (AvgIpc) is 2.97. The number of carbonyl (C=O) groups excluding carboxylic acids is 1. The summed E-state index contributed by atoms with van der Waals surface area (Å²) in [5, 5.41) is 0.484. The van der Waals surface area contributed by atoms with Gasteiger partial charge in [0.15, 0.2) is 0 Å². The minimum atomic E-state index is -0.194. The summed E-state index contributed by atoms with van der Waals surface area (Å²) in [6.07, 6.45) is 4.51. The normalized spacial score (nSPS) is 18.1. The number of pyridine rings is 1. The van der Waals surface area contributed by atoms with Crippen molar-refractivity contribution in [2.75, 3.05) is 26.8 Å². The number of rotatable bonds is 7. The number of hydrogen-bond acceptors (Lipinski definition) is 5. The summed E-state index contributed by atoms with van der Waals surface area (Å²) in [7, 11) is 1.41. The molecule has 116 valence electrons. The van der Waals surface area contributed by atoms with Gasteiger partial charge in [-0.25, -0.2) is 4.98 Å². The molecule has 1 aromatic rings. The number of esters is 1. The highest BCUT2D eigenvalue weighted by atomic mass is 35.5. The molecule has 0 amide bonds. The Hall–Kier alpha value is -1.17. The summed E-state index contributed by atoms with van der Waals surface area (Å²) < 4.78 is 10.4. The molecular weight excluding hydrogens is 292 g/mol. The van der Waals surface area contributed by atoms with E-state index in [1.54, 1.807) is 6.20 Å². The van der Waals surface area contributed by atoms with Crippen molar-refractivity contribution in [2.45, 2.75) is 31.9 Å². The van der Waals surface area contributed by atoms with Gasteiger partial charge in [0.05, 0.1) is 19.6 Å². The largest absolute Gasteiger partial charge is 0.469 e. The first-order chi connectivity index (χ1) is 10.2. The maximum atomic E-state index is 11.3. The van der Waals surface area contributed by atoms with E-state index in [0.29, 0.717) is 18.1 Å². The van der Waals surface area contributed by atoms with Crippen molar-refractivity contribution in [1.82, 2.24) is 9.88 Å². The zero-order valence-electron chi connectivity index (χ0n) is 12.3. The highest BCUT2D eigenvalue weighted by Gasteiger charge is 2.20. The van der Waals surface area contributed by atoms with Crippen LogP contribution < -0.4 is 0 Å². The lowest BCUT2D eigenvalue weighted by Crippen LogP contribution is -2.33. The van der Waals surface area contributed by atoms with Crippen LogP contribution in [-0.4, -0.2) is 48.8 Å². The van der Waals surface area contributed by atoms with Gasteiger partial charge in [0, 0.05) is 32.4 Å². The minimum Gasteiger partial charge on any atom is -0.469 e. The molecule has 0 N–H and O–H groups in total. The van der Waals surface area contributed by atoms with Crippen LogP contribution in [0.3, 0.4) is 0 Å². The Morgan fingerprint density at radius 2 is 2.48 bits per heavy atom. The Morgan fingerprint density at radius 1 is 1.62 bits per heavy atom. The van der Waals surface area contributed by atoms with Crippen LogP contribution in [0.25, 0.3) is 0 Å². The third-order valence-corrected chi connectivity index (χ3v) is 3.75. The summed E-state index contributed by atoms with van der Waals surface area (Å²) in [6, 6.07) is 3.79. The van der Waals surface area contributed by atoms with Gasteiger partial charge in [0.2, 0.25) is 0 Å². The van der Waals surface area contributed by atoms with Gasteiger partial charge in [0.25, 0.3) is 0 Å². The fourth-order valence-corrected chi connectivity index (χ4v) is 2.66. The topological polar surface area (TPSA) is 51.7 Å². The molecule has 21 heavy (non-hydrogen) atoms. The first-order valence-corrected chi connectivity index (χ1v) is 7.56. The molecule has 1 fully saturated rings. The summed E-state index contributed by atoms with van der Waals surface area (Å²) in [6.45, 7) is 3.01. The van der Waals surface area contributed by atoms with Crippen molar-refractivity contribution in [2.24, 2.45) is 0 Å². The van der Waals surface area contributed by atoms with E-state index in [0.717, 1.165) is 38.1 Å². The number of carbonyl (C=O) groups is 1. The van der Waals surface area contributed by atoms with E-state index in [2.05, 4.69) is 9.88 Å². The molecule has 0 saturated carbocycles. The van der Waals surface area contributed by atoms with Crippen molar-refractivity contribution >= 4 is 17.6 Å². The number of nitrogens with zero attached hydrogens (tertiary/aromatic N) is 2. The van der Waals surface area contributed by atoms with Crippen LogP contribution in [0.1, 0.15) is 24.8 Å². The third kappa shape index (κ3) is 5.61. The van der Waals surface area contributed by atoms with E-state index in [9.17, 15) is 4.79 Å². The predicted molar refractivity (Wildman–Crippen MR) is 80.1 cm³/mol. The summed E-state index contributed by atoms with van der Waals surface area (Å²) in [5.74, 6) is -0.194. The third-order valence-electron chi connectivity index (χ3n) is 3.54. The second-order valence-electron chi connectivity index (χ2n) is 5.18. The zero-order valence-corrected chi connectivity index (χ0v) is 13.0. The molecule has 1 aliphatic heterocycles. The number of aromatic nitrogens is 1. The van der Waals surface area contributed by atoms with Crippen LogP contribution in [0, 0.1) is 0 Å². The Kier molecular flexibility index (Phi) is 6.42. The highest BCUT2D eigenvalue weighted by Crippen LogP contribution is 2.16. The molecular formula is C15H21ClN2O3. The SMILES string of the molecule is COC(=O)CCN(Cc1ccnc(Cl)c1)CC1CCCO1. The molecule has 2 rings (SSSR count). The zero-order chi connectivity index (χ0) is 15.1. The second kappa shape index (κ2) is 8.32. The fraction of sp³-hybridized carbons (Fsp3) is 0.600. The maximum absolute atomic E-state index is 11.3. The van der Waals surface area contributed by atoms with Crippen molar-refractivity contribution < 1.29 is 14.3 Å². The molecule has 2 heterocycles. The van der Waals surface area contributed by atoms with Gasteiger partial charge in [-0.3, -0.25) is 9.69 Å². The van der Waals surface area contributed by atoms with Gasteiger partial charge < -0.3 is 9.47 Å². The van der Waals surface area contributed by atoms with Crippen LogP contribution in [0.15, 0.2) is 18.3 Å². The van der Waals surface area contributed by atoms with E-state index in [-0.39, 0.29) is 12.1 Å². The van der Waals surface area contributed by atoms with Crippen molar-refractivity contribution in [1.29, 1.82) is 0 Å². The molecule has 1 unspecified atom stereocenters. The molecule has 1 atom stereocenters. The van der Waals surface area contributed by atoms with E-state index >= 15 is 0 Å². The van der Waals surface area contributed by atoms with E-state index < -0.39 is 0 Å². The Balaban J connectivity index is 1.94. The number of halogens is 1. The summed E-state index contributed by atoms with van der Waals surface area (Å²) >= 11 is 5.92. The van der Waals surface area contributed by atoms with Gasteiger partial charge in [-0.05, 0) is 30.5 Å². The van der Waals surface area contributed by atoms with Crippen molar-refractivity contribution in [3.63, 3.8) is 0 Å². The maximum Gasteiger partial charge on any atom is 0.306 e. The molecule has 5 nitrogen and oxygen atoms in total. The standard InChI is InChI=1S/C15H21ClN2O3/c1-20-15(19)5-7-18(11-13-3-2-8-21-13)10-12-4-6-17-14(16)9-12/h4,6,9,13H,2-3,5,7-8,10-11H2,1H3. The first-order valence-electron chi connectivity index (χ1n) is 7.18. The van der Waals surface area contributed by atoms with Gasteiger partial charge in [-0.1, -0.05) is 11.6 Å². The smallest absolute Gasteiger partial charge is 0.306 e. The first kappa shape index (κ1) is 16.2. The Labute approximate surface area is 130 Å². The summed E-state index contributed by atoms with van der Waals surface area (Å²) in [5.41, 5.74) is 1.08. The van der Waals surface area contributed by atoms with Crippen LogP contribution in [0.2, 0.25) is 5.15 Å². The molecule has 0 bridgehead atoms. The van der Waals surface area contributed by atoms with Crippen molar-refractivity contribution in [3.8, 4) is 0 Å². The molecule has 0 aliphatic carbocycles. The molecule has 1 aliphatic rings. The lowest BCUT2D eigenvalue weighted by atomic mass is 10.2. The van der Waals surface area contributed by atoms with Crippen molar-refractivity contribution in [3.05, 3.63) is 29.0 Å². The van der Waals surface area contributed by atoms with Gasteiger partial charge in [-0.2, -0.15) is 0 Å². The Morgan fingerprint density at radius 3 is 3.14 bits per heavy atom. The molecule has 0 aromatic carbocycles. The quantitative estimate of drug-likeness (QED) is 0.571. The molecule has 6 heteroatoms. The monoisotopic (exact) mass is 312 g/mol. The molecule has 1 saturated heterocycles. The fourth-order valence-electron chi connectivity index (χ4n) is 2.46. The number of hydrogen-bond donors (Lipinski definition) is 0. The lowest BCUT2D eigenvalue weighted by Gasteiger charge is -2.24. The van der Waals surface area contributed by atoms with Gasteiger partial charge in [0.1, 0.15) is 5.15 Å². The highest BCUT2D eigenvalue weighted by molar-refractivity contribution is 6.29. The Bertz CT molecular complexity index is 464. The van der Waals surface area contributed by atoms with E-state index in [1.165, 1.54) is 7.11 Å². The average molecular weight is 313 g/mol. The van der Waals surface area contributed by atoms with E-state index in [4.69, 9.17) is 21.1 Å². The van der Waals surface area contributed by atoms with Crippen LogP contribution in [0.5, 0.6) is 0 Å². The number of ether oxygens (including phenoxy) is 2. The van der Waals surface area contributed by atoms with Crippen LogP contribution in [-0.2, 0) is 20.8 Å². The summed E-state index contributed by atoms with van der Waals surface area (Å²) in [4.78, 5) is 17.5. The van der Waals surface area contributed by atoms with Crippen LogP contribution >= 0.6 is 11.6 Å². The van der Waals surface area contributed by atoms with Gasteiger partial charge in [-0.15, -0.1) is 0 Å². The molecule has 0 radical (unpaired) electrons. The van der Waals surface area contributed by atoms with Gasteiger partial charge >= 0.3 is 5.97 Å². The predicted octanol–water partition coefficient (Wildman–Crippen LogP) is 2.28. The lowest BCUT2D eigenvalue weighted by molar-refractivity contribution is -0.141. The minimum absolute atomic E-state index is 0.194. The molecule has 1 aromatic heterocycles. The number of methoxy groups -OCH3 is 1. The second-order valence-corrected chi connectivity index (χ2v) is 5.57. The van der Waals surface area contributed by atoms with Crippen LogP contribution in [0.4, 0.5) is 0 Å².